The van der Waals surface area contributed by atoms with E-state index in [1.165, 1.54) is 31.3 Å². The number of fused-ring (bicyclic) bond motifs is 2. The predicted molar refractivity (Wildman–Crippen MR) is 98.3 cm³/mol. The second-order valence-electron chi connectivity index (χ2n) is 7.05. The molecule has 136 valence electrons. The van der Waals surface area contributed by atoms with Gasteiger partial charge in [-0.25, -0.2) is 4.79 Å². The van der Waals surface area contributed by atoms with Gasteiger partial charge in [0.15, 0.2) is 0 Å². The third kappa shape index (κ3) is 4.85. The minimum Gasteiger partial charge on any atom is -0.445 e. The van der Waals surface area contributed by atoms with Crippen LogP contribution < -0.4 is 0 Å². The van der Waals surface area contributed by atoms with Gasteiger partial charge in [0.2, 0.25) is 0 Å². The minimum absolute atomic E-state index is 0.0250. The van der Waals surface area contributed by atoms with Crippen LogP contribution in [0.15, 0.2) is 42.0 Å². The Morgan fingerprint density at radius 3 is 2.80 bits per heavy atom. The number of ether oxygens (including phenoxy) is 2. The van der Waals surface area contributed by atoms with Gasteiger partial charge >= 0.3 is 6.09 Å². The monoisotopic (exact) mass is 343 g/mol. The highest BCUT2D eigenvalue weighted by Gasteiger charge is 2.38. The molecule has 1 fully saturated rings. The Kier molecular flexibility index (Phi) is 6.51. The van der Waals surface area contributed by atoms with E-state index >= 15 is 0 Å². The number of carbonyl (C=O) groups is 1. The second kappa shape index (κ2) is 9.04. The van der Waals surface area contributed by atoms with E-state index < -0.39 is 0 Å². The summed E-state index contributed by atoms with van der Waals surface area (Å²) in [5.41, 5.74) is 2.50. The molecule has 1 aromatic rings. The zero-order chi connectivity index (χ0) is 17.5. The molecule has 1 saturated heterocycles. The van der Waals surface area contributed by atoms with Crippen LogP contribution in [0, 0.1) is 0 Å². The predicted octanol–water partition coefficient (Wildman–Crippen LogP) is 4.69. The molecule has 1 amide bonds. The number of hydrogen-bond acceptors (Lipinski definition) is 3. The van der Waals surface area contributed by atoms with Crippen molar-refractivity contribution in [2.24, 2.45) is 0 Å². The smallest absolute Gasteiger partial charge is 0.411 e. The Morgan fingerprint density at radius 2 is 2.04 bits per heavy atom. The number of carbonyl (C=O) groups excluding carboxylic acids is 1. The van der Waals surface area contributed by atoms with Crippen molar-refractivity contribution >= 4 is 6.09 Å². The van der Waals surface area contributed by atoms with Crippen LogP contribution >= 0.6 is 0 Å². The van der Waals surface area contributed by atoms with Crippen molar-refractivity contribution in [3.63, 3.8) is 0 Å². The lowest BCUT2D eigenvalue weighted by Gasteiger charge is -2.43. The standard InChI is InChI=1S/C21H29NO3/c1-2-3-4-6-11-18-12-19-15-24-16-20(13-18)22(19)21(23)25-14-17-9-7-5-8-10-17/h5,7-10,12,19-20H,2-4,6,11,13-16H2,1H3. The largest absolute Gasteiger partial charge is 0.445 e. The third-order valence-electron chi connectivity index (χ3n) is 5.04. The summed E-state index contributed by atoms with van der Waals surface area (Å²) < 4.78 is 11.2. The molecule has 0 saturated carbocycles. The van der Waals surface area contributed by atoms with Gasteiger partial charge in [0.25, 0.3) is 0 Å². The summed E-state index contributed by atoms with van der Waals surface area (Å²) in [5, 5.41) is 0. The summed E-state index contributed by atoms with van der Waals surface area (Å²) in [7, 11) is 0. The first kappa shape index (κ1) is 18.0. The molecule has 25 heavy (non-hydrogen) atoms. The number of rotatable bonds is 7. The first-order valence-electron chi connectivity index (χ1n) is 9.54. The quantitative estimate of drug-likeness (QED) is 0.532. The van der Waals surface area contributed by atoms with Crippen LogP contribution in [0.4, 0.5) is 4.79 Å². The fourth-order valence-electron chi connectivity index (χ4n) is 3.73. The number of unbranched alkanes of at least 4 members (excludes halogenated alkanes) is 3. The highest BCUT2D eigenvalue weighted by Crippen LogP contribution is 2.30. The Hall–Kier alpha value is -1.81. The summed E-state index contributed by atoms with van der Waals surface area (Å²) in [6.45, 7) is 3.75. The maximum absolute atomic E-state index is 12.6. The van der Waals surface area contributed by atoms with Crippen molar-refractivity contribution in [2.75, 3.05) is 13.2 Å². The van der Waals surface area contributed by atoms with Crippen LogP contribution in [-0.2, 0) is 16.1 Å². The van der Waals surface area contributed by atoms with E-state index in [-0.39, 0.29) is 18.2 Å². The van der Waals surface area contributed by atoms with Crippen LogP contribution in [0.1, 0.15) is 51.0 Å². The summed E-state index contributed by atoms with van der Waals surface area (Å²) >= 11 is 0. The molecule has 2 aliphatic rings. The maximum atomic E-state index is 12.6. The summed E-state index contributed by atoms with van der Waals surface area (Å²) in [6.07, 6.45) is 9.21. The SMILES string of the molecule is CCCCCCC1=CC2COCC(C1)N2C(=O)OCc1ccccc1. The molecule has 1 aromatic carbocycles. The molecule has 2 aliphatic heterocycles. The van der Waals surface area contributed by atoms with Gasteiger partial charge in [0.1, 0.15) is 6.61 Å². The average molecular weight is 343 g/mol. The van der Waals surface area contributed by atoms with Crippen LogP contribution in [-0.4, -0.2) is 36.3 Å². The maximum Gasteiger partial charge on any atom is 0.411 e. The zero-order valence-corrected chi connectivity index (χ0v) is 15.2. The van der Waals surface area contributed by atoms with E-state index in [0.29, 0.717) is 19.8 Å². The summed E-state index contributed by atoms with van der Waals surface area (Å²) in [5.74, 6) is 0. The number of morpholine rings is 1. The molecule has 4 heteroatoms. The molecule has 0 aliphatic carbocycles. The van der Waals surface area contributed by atoms with Gasteiger partial charge in [-0.15, -0.1) is 0 Å². The molecule has 3 rings (SSSR count). The third-order valence-corrected chi connectivity index (χ3v) is 5.04. The van der Waals surface area contributed by atoms with Crippen molar-refractivity contribution in [1.29, 1.82) is 0 Å². The molecule has 0 spiro atoms. The van der Waals surface area contributed by atoms with Crippen molar-refractivity contribution in [3.8, 4) is 0 Å². The van der Waals surface area contributed by atoms with Crippen molar-refractivity contribution in [3.05, 3.63) is 47.5 Å². The topological polar surface area (TPSA) is 38.8 Å². The normalized spacial score (nSPS) is 22.4. The van der Waals surface area contributed by atoms with Gasteiger partial charge in [-0.05, 0) is 24.8 Å². The van der Waals surface area contributed by atoms with Crippen LogP contribution in [0.5, 0.6) is 0 Å². The van der Waals surface area contributed by atoms with Crippen molar-refractivity contribution in [1.82, 2.24) is 4.90 Å². The van der Waals surface area contributed by atoms with Gasteiger partial charge in [0, 0.05) is 0 Å². The lowest BCUT2D eigenvalue weighted by atomic mass is 9.91. The Balaban J connectivity index is 1.56. The molecular formula is C21H29NO3. The molecule has 2 atom stereocenters. The molecule has 0 radical (unpaired) electrons. The number of hydrogen-bond donors (Lipinski definition) is 0. The Labute approximate surface area is 150 Å². The molecule has 2 bridgehead atoms. The fourth-order valence-corrected chi connectivity index (χ4v) is 3.73. The van der Waals surface area contributed by atoms with E-state index in [1.807, 2.05) is 35.2 Å². The summed E-state index contributed by atoms with van der Waals surface area (Å²) in [4.78, 5) is 14.5. The van der Waals surface area contributed by atoms with Gasteiger partial charge in [0.05, 0.1) is 25.3 Å². The zero-order valence-electron chi connectivity index (χ0n) is 15.2. The fraction of sp³-hybridized carbons (Fsp3) is 0.571. The van der Waals surface area contributed by atoms with E-state index in [1.54, 1.807) is 0 Å². The lowest BCUT2D eigenvalue weighted by Crippen LogP contribution is -2.56. The highest BCUT2D eigenvalue weighted by molar-refractivity contribution is 5.69. The van der Waals surface area contributed by atoms with Gasteiger partial charge < -0.3 is 9.47 Å². The van der Waals surface area contributed by atoms with Crippen molar-refractivity contribution < 1.29 is 14.3 Å². The lowest BCUT2D eigenvalue weighted by molar-refractivity contribution is -0.0375. The van der Waals surface area contributed by atoms with E-state index in [2.05, 4.69) is 13.0 Å². The van der Waals surface area contributed by atoms with Crippen LogP contribution in [0.3, 0.4) is 0 Å². The first-order valence-corrected chi connectivity index (χ1v) is 9.54. The van der Waals surface area contributed by atoms with E-state index in [0.717, 1.165) is 18.4 Å². The average Bonchev–Trinajstić information content (AvgIpc) is 2.63. The molecule has 2 unspecified atom stereocenters. The van der Waals surface area contributed by atoms with Crippen LogP contribution in [0.2, 0.25) is 0 Å². The van der Waals surface area contributed by atoms with Gasteiger partial charge in [-0.1, -0.05) is 68.2 Å². The molecule has 2 heterocycles. The number of nitrogens with zero attached hydrogens (tertiary/aromatic N) is 1. The van der Waals surface area contributed by atoms with E-state index in [9.17, 15) is 4.79 Å². The molecular weight excluding hydrogens is 314 g/mol. The van der Waals surface area contributed by atoms with Gasteiger partial charge in [-0.3, -0.25) is 4.90 Å². The van der Waals surface area contributed by atoms with Crippen LogP contribution in [0.25, 0.3) is 0 Å². The molecule has 4 nitrogen and oxygen atoms in total. The van der Waals surface area contributed by atoms with Crippen molar-refractivity contribution in [2.45, 2.75) is 64.1 Å². The second-order valence-corrected chi connectivity index (χ2v) is 7.05. The number of benzene rings is 1. The van der Waals surface area contributed by atoms with Gasteiger partial charge in [-0.2, -0.15) is 0 Å². The number of amides is 1. The minimum atomic E-state index is -0.219. The highest BCUT2D eigenvalue weighted by atomic mass is 16.6. The Morgan fingerprint density at radius 1 is 1.20 bits per heavy atom. The first-order chi connectivity index (χ1) is 12.3. The molecule has 0 N–H and O–H groups in total. The molecule has 0 aromatic heterocycles. The van der Waals surface area contributed by atoms with E-state index in [4.69, 9.17) is 9.47 Å². The summed E-state index contributed by atoms with van der Waals surface area (Å²) in [6, 6.07) is 9.97. The Bertz CT molecular complexity index is 584.